The average Bonchev–Trinajstić information content (AvgIpc) is 3.20. The maximum absolute atomic E-state index is 13.7. The number of rotatable bonds is 6. The molecule has 5 nitrogen and oxygen atoms in total. The molecule has 0 aliphatic carbocycles. The van der Waals surface area contributed by atoms with Crippen LogP contribution in [0.4, 0.5) is 4.39 Å². The summed E-state index contributed by atoms with van der Waals surface area (Å²) in [5.41, 5.74) is 0.413. The first-order valence-electron chi connectivity index (χ1n) is 8.12. The SMILES string of the molecule is Cl.O=C(CCc1ccc(-c2ccccc2F)o1)NCC1CNCC1O. The van der Waals surface area contributed by atoms with Crippen LogP contribution in [-0.2, 0) is 11.2 Å². The summed E-state index contributed by atoms with van der Waals surface area (Å²) in [5.74, 6) is 0.748. The van der Waals surface area contributed by atoms with Crippen LogP contribution in [0.1, 0.15) is 12.2 Å². The molecule has 2 heterocycles. The third-order valence-corrected chi connectivity index (χ3v) is 4.27. The molecule has 1 aromatic heterocycles. The predicted molar refractivity (Wildman–Crippen MR) is 95.0 cm³/mol. The van der Waals surface area contributed by atoms with Crippen LogP contribution in [0.15, 0.2) is 40.8 Å². The Morgan fingerprint density at radius 1 is 1.28 bits per heavy atom. The quantitative estimate of drug-likeness (QED) is 0.730. The molecule has 0 spiro atoms. The highest BCUT2D eigenvalue weighted by Crippen LogP contribution is 2.25. The van der Waals surface area contributed by atoms with E-state index < -0.39 is 6.10 Å². The highest BCUT2D eigenvalue weighted by atomic mass is 35.5. The average molecular weight is 369 g/mol. The van der Waals surface area contributed by atoms with Crippen molar-refractivity contribution in [3.05, 3.63) is 48.0 Å². The Hall–Kier alpha value is -1.89. The largest absolute Gasteiger partial charge is 0.461 e. The third kappa shape index (κ3) is 5.04. The van der Waals surface area contributed by atoms with Gasteiger partial charge in [-0.3, -0.25) is 4.79 Å². The van der Waals surface area contributed by atoms with Crippen LogP contribution in [0, 0.1) is 11.7 Å². The lowest BCUT2D eigenvalue weighted by molar-refractivity contribution is -0.121. The lowest BCUT2D eigenvalue weighted by Gasteiger charge is -2.13. The fraction of sp³-hybridized carbons (Fsp3) is 0.389. The van der Waals surface area contributed by atoms with E-state index in [1.165, 1.54) is 6.07 Å². The number of hydrogen-bond acceptors (Lipinski definition) is 4. The molecule has 1 aromatic carbocycles. The number of carbonyl (C=O) groups excluding carboxylic acids is 1. The summed E-state index contributed by atoms with van der Waals surface area (Å²) in [5, 5.41) is 15.6. The van der Waals surface area contributed by atoms with E-state index in [9.17, 15) is 14.3 Å². The van der Waals surface area contributed by atoms with Crippen LogP contribution in [0.25, 0.3) is 11.3 Å². The Balaban J connectivity index is 0.00000225. The predicted octanol–water partition coefficient (Wildman–Crippen LogP) is 2.14. The number of nitrogens with one attached hydrogen (secondary N) is 2. The maximum atomic E-state index is 13.7. The lowest BCUT2D eigenvalue weighted by atomic mass is 10.1. The number of aliphatic hydroxyl groups excluding tert-OH is 1. The number of amides is 1. The van der Waals surface area contributed by atoms with Gasteiger partial charge in [0.2, 0.25) is 5.91 Å². The van der Waals surface area contributed by atoms with E-state index in [1.54, 1.807) is 30.3 Å². The van der Waals surface area contributed by atoms with Crippen molar-refractivity contribution >= 4 is 18.3 Å². The molecule has 3 rings (SSSR count). The fourth-order valence-electron chi connectivity index (χ4n) is 2.82. The Labute approximate surface area is 152 Å². The van der Waals surface area contributed by atoms with Gasteiger partial charge in [0, 0.05) is 38.4 Å². The van der Waals surface area contributed by atoms with Gasteiger partial charge >= 0.3 is 0 Å². The molecule has 1 aliphatic heterocycles. The molecule has 1 amide bonds. The molecule has 0 bridgehead atoms. The van der Waals surface area contributed by atoms with Gasteiger partial charge in [0.1, 0.15) is 17.3 Å². The number of benzene rings is 1. The van der Waals surface area contributed by atoms with E-state index in [4.69, 9.17) is 4.42 Å². The third-order valence-electron chi connectivity index (χ3n) is 4.27. The Kier molecular flexibility index (Phi) is 6.99. The zero-order valence-corrected chi connectivity index (χ0v) is 14.5. The summed E-state index contributed by atoms with van der Waals surface area (Å²) in [6, 6.07) is 9.90. The molecule has 2 unspecified atom stereocenters. The van der Waals surface area contributed by atoms with Gasteiger partial charge in [-0.15, -0.1) is 12.4 Å². The van der Waals surface area contributed by atoms with Crippen LogP contribution in [-0.4, -0.2) is 36.8 Å². The molecular formula is C18H22ClFN2O3. The number of furan rings is 1. The molecule has 1 saturated heterocycles. The van der Waals surface area contributed by atoms with E-state index in [2.05, 4.69) is 10.6 Å². The number of hydrogen-bond donors (Lipinski definition) is 3. The number of β-amino-alcohol motifs (C(OH)–C–C–N with tert-alkyl or cyclic N) is 1. The second kappa shape index (κ2) is 8.99. The maximum Gasteiger partial charge on any atom is 0.220 e. The van der Waals surface area contributed by atoms with E-state index >= 15 is 0 Å². The van der Waals surface area contributed by atoms with E-state index in [1.807, 2.05) is 0 Å². The van der Waals surface area contributed by atoms with Gasteiger partial charge in [0.25, 0.3) is 0 Å². The molecule has 1 fully saturated rings. The van der Waals surface area contributed by atoms with Gasteiger partial charge in [-0.1, -0.05) is 12.1 Å². The number of aliphatic hydroxyl groups is 1. The number of halogens is 2. The first-order valence-corrected chi connectivity index (χ1v) is 8.12. The van der Waals surface area contributed by atoms with Gasteiger partial charge in [-0.25, -0.2) is 4.39 Å². The van der Waals surface area contributed by atoms with Gasteiger partial charge in [-0.05, 0) is 24.3 Å². The van der Waals surface area contributed by atoms with Crippen molar-refractivity contribution in [2.45, 2.75) is 18.9 Å². The minimum absolute atomic E-state index is 0. The fourth-order valence-corrected chi connectivity index (χ4v) is 2.82. The molecular weight excluding hydrogens is 347 g/mol. The topological polar surface area (TPSA) is 74.5 Å². The summed E-state index contributed by atoms with van der Waals surface area (Å²) in [6.45, 7) is 1.75. The summed E-state index contributed by atoms with van der Waals surface area (Å²) in [6.07, 6.45) is 0.338. The molecule has 1 aliphatic rings. The van der Waals surface area contributed by atoms with Crippen molar-refractivity contribution in [2.75, 3.05) is 19.6 Å². The summed E-state index contributed by atoms with van der Waals surface area (Å²) in [4.78, 5) is 11.9. The van der Waals surface area contributed by atoms with Crippen molar-refractivity contribution in [3.63, 3.8) is 0 Å². The van der Waals surface area contributed by atoms with Gasteiger partial charge in [0.05, 0.1) is 11.7 Å². The van der Waals surface area contributed by atoms with Crippen LogP contribution in [0.5, 0.6) is 0 Å². The van der Waals surface area contributed by atoms with Gasteiger partial charge in [-0.2, -0.15) is 0 Å². The van der Waals surface area contributed by atoms with Crippen LogP contribution < -0.4 is 10.6 Å². The second-order valence-corrected chi connectivity index (χ2v) is 6.04. The minimum Gasteiger partial charge on any atom is -0.461 e. The first kappa shape index (κ1) is 19.4. The van der Waals surface area contributed by atoms with Crippen molar-refractivity contribution < 1.29 is 18.7 Å². The van der Waals surface area contributed by atoms with Gasteiger partial charge < -0.3 is 20.2 Å². The highest BCUT2D eigenvalue weighted by Gasteiger charge is 2.24. The van der Waals surface area contributed by atoms with Crippen LogP contribution >= 0.6 is 12.4 Å². The van der Waals surface area contributed by atoms with Crippen molar-refractivity contribution in [1.82, 2.24) is 10.6 Å². The molecule has 2 atom stereocenters. The lowest BCUT2D eigenvalue weighted by Crippen LogP contribution is -2.34. The smallest absolute Gasteiger partial charge is 0.220 e. The zero-order valence-electron chi connectivity index (χ0n) is 13.7. The molecule has 25 heavy (non-hydrogen) atoms. The zero-order chi connectivity index (χ0) is 16.9. The van der Waals surface area contributed by atoms with Crippen molar-refractivity contribution in [1.29, 1.82) is 0 Å². The molecule has 0 saturated carbocycles. The Bertz CT molecular complexity index is 707. The van der Waals surface area contributed by atoms with E-state index in [0.717, 1.165) is 0 Å². The summed E-state index contributed by atoms with van der Waals surface area (Å²) < 4.78 is 19.4. The summed E-state index contributed by atoms with van der Waals surface area (Å²) in [7, 11) is 0. The number of aryl methyl sites for hydroxylation is 1. The highest BCUT2D eigenvalue weighted by molar-refractivity contribution is 5.85. The molecule has 3 N–H and O–H groups in total. The summed E-state index contributed by atoms with van der Waals surface area (Å²) >= 11 is 0. The Morgan fingerprint density at radius 2 is 2.08 bits per heavy atom. The molecule has 0 radical (unpaired) electrons. The molecule has 7 heteroatoms. The second-order valence-electron chi connectivity index (χ2n) is 6.04. The van der Waals surface area contributed by atoms with Gasteiger partial charge in [0.15, 0.2) is 0 Å². The van der Waals surface area contributed by atoms with Crippen LogP contribution in [0.2, 0.25) is 0 Å². The number of carbonyl (C=O) groups is 1. The monoisotopic (exact) mass is 368 g/mol. The first-order chi connectivity index (χ1) is 11.6. The van der Waals surface area contributed by atoms with Crippen molar-refractivity contribution in [3.8, 4) is 11.3 Å². The standard InChI is InChI=1S/C18H21FN2O3.ClH/c19-15-4-2-1-3-14(15)17-7-5-13(24-17)6-8-18(23)21-10-12-9-20-11-16(12)22;/h1-5,7,12,16,20,22H,6,8-11H2,(H,21,23);1H. The van der Waals surface area contributed by atoms with E-state index in [-0.39, 0.29) is 30.0 Å². The minimum atomic E-state index is -0.404. The Morgan fingerprint density at radius 3 is 2.80 bits per heavy atom. The van der Waals surface area contributed by atoms with Crippen molar-refractivity contribution in [2.24, 2.45) is 5.92 Å². The van der Waals surface area contributed by atoms with E-state index in [0.29, 0.717) is 49.6 Å². The normalized spacial score (nSPS) is 19.4. The molecule has 2 aromatic rings. The van der Waals surface area contributed by atoms with Crippen LogP contribution in [0.3, 0.4) is 0 Å². The molecule has 136 valence electrons.